The van der Waals surface area contributed by atoms with E-state index >= 15 is 0 Å². The van der Waals surface area contributed by atoms with Crippen molar-refractivity contribution in [3.05, 3.63) is 23.2 Å². The van der Waals surface area contributed by atoms with Gasteiger partial charge in [-0.05, 0) is 29.3 Å². The van der Waals surface area contributed by atoms with E-state index < -0.39 is 34.6 Å². The number of fused-ring (bicyclic) bond motifs is 1. The van der Waals surface area contributed by atoms with E-state index in [0.29, 0.717) is 11.6 Å². The van der Waals surface area contributed by atoms with Gasteiger partial charge in [0.1, 0.15) is 28.6 Å². The second kappa shape index (κ2) is 11.3. The molecule has 15 nitrogen and oxygen atoms in total. The molecule has 2 aromatic heterocycles. The zero-order valence-electron chi connectivity index (χ0n) is 20.4. The van der Waals surface area contributed by atoms with Gasteiger partial charge in [-0.1, -0.05) is 23.0 Å². The molecule has 4 atom stereocenters. The topological polar surface area (TPSA) is 194 Å². The number of hydrogen-bond donors (Lipinski definition) is 3. The van der Waals surface area contributed by atoms with Crippen molar-refractivity contribution in [1.29, 1.82) is 0 Å². The molecule has 2 aliphatic heterocycles. The predicted molar refractivity (Wildman–Crippen MR) is 141 cm³/mol. The molecule has 0 bridgehead atoms. The van der Waals surface area contributed by atoms with E-state index in [2.05, 4.69) is 36.3 Å². The van der Waals surface area contributed by atoms with Gasteiger partial charge in [-0.25, -0.2) is 9.67 Å². The number of nitrogens with one attached hydrogen (secondary N) is 2. The fourth-order valence-corrected chi connectivity index (χ4v) is 7.54. The Kier molecular flexibility index (Phi) is 7.85. The van der Waals surface area contributed by atoms with Gasteiger partial charge in [0.25, 0.3) is 5.91 Å². The minimum Gasteiger partial charge on any atom is -0.481 e. The molecular weight excluding hydrogens is 570 g/mol. The lowest BCUT2D eigenvalue weighted by atomic mass is 9.89. The molecule has 0 radical (unpaired) electrons. The molecule has 5 rings (SSSR count). The lowest BCUT2D eigenvalue weighted by Crippen LogP contribution is -2.74. The first-order valence-corrected chi connectivity index (χ1v) is 14.6. The summed E-state index contributed by atoms with van der Waals surface area (Å²) in [4.78, 5) is 60.6. The number of carboxylic acid groups (broad SMARTS) is 1. The quantitative estimate of drug-likeness (QED) is 0.0786. The van der Waals surface area contributed by atoms with Crippen LogP contribution in [0.2, 0.25) is 0 Å². The number of carboxylic acids is 1. The number of carbonyl (C=O) groups is 4. The number of oxime groups is 1. The Balaban J connectivity index is 1.27. The number of thiazole rings is 1. The Hall–Kier alpha value is -3.51. The third-order valence-corrected chi connectivity index (χ3v) is 10.00. The largest absolute Gasteiger partial charge is 0.481 e. The molecular formula is C21H23N9O6S3. The van der Waals surface area contributed by atoms with Crippen molar-refractivity contribution in [3.8, 4) is 0 Å². The van der Waals surface area contributed by atoms with Gasteiger partial charge in [-0.2, -0.15) is 0 Å². The number of hydrogen-bond acceptors (Lipinski definition) is 13. The average molecular weight is 594 g/mol. The summed E-state index contributed by atoms with van der Waals surface area (Å²) in [6, 6.07) is -0.868. The first-order valence-electron chi connectivity index (χ1n) is 11.7. The molecule has 2 fully saturated rings. The first-order chi connectivity index (χ1) is 18.8. The van der Waals surface area contributed by atoms with E-state index in [1.54, 1.807) is 12.4 Å². The third-order valence-electron chi connectivity index (χ3n) is 6.34. The smallest absolute Gasteiger partial charge is 0.313 e. The fraction of sp³-hybridized carbons (Fsp3) is 0.476. The summed E-state index contributed by atoms with van der Waals surface area (Å²) in [6.45, 7) is -0.00559. The van der Waals surface area contributed by atoms with Crippen LogP contribution in [0, 0.1) is 5.41 Å². The molecule has 2 saturated heterocycles. The van der Waals surface area contributed by atoms with Crippen molar-refractivity contribution in [1.82, 2.24) is 35.4 Å². The van der Waals surface area contributed by atoms with Crippen LogP contribution in [0.1, 0.15) is 18.5 Å². The van der Waals surface area contributed by atoms with Gasteiger partial charge in [-0.15, -0.1) is 28.2 Å². The van der Waals surface area contributed by atoms with Crippen LogP contribution in [-0.2, 0) is 31.1 Å². The molecule has 3 amide bonds. The number of aliphatic carboxylic acids is 1. The highest BCUT2D eigenvalue weighted by Gasteiger charge is 2.57. The zero-order chi connectivity index (χ0) is 27.6. The number of allylic oxidation sites excluding steroid dienone is 1. The molecule has 3 unspecified atom stereocenters. The Bertz CT molecular complexity index is 1350. The lowest BCUT2D eigenvalue weighted by molar-refractivity contribution is -0.157. The molecule has 3 aliphatic rings. The van der Waals surface area contributed by atoms with Gasteiger partial charge >= 0.3 is 5.97 Å². The Labute approximate surface area is 233 Å². The number of amides is 3. The Morgan fingerprint density at radius 2 is 2.28 bits per heavy atom. The summed E-state index contributed by atoms with van der Waals surface area (Å²) in [5, 5.41) is 32.3. The average Bonchev–Trinajstić information content (AvgIpc) is 3.69. The standard InChI is InChI=1S/C21H23N9O6S3/c1-29-20(25-27-28-29)39-9-21(18(34)35)7-30-16(33)14(17(30)38-8-21)24-15(32)13(26-36-11-4-2-3-5-11)12-6-37-19(23-12)22-10-31/h2,4,6,10-11,14,17H,3,5,7-9H2,1H3,(H,24,32)(H,34,35)(H,22,23,31)/t11?,14?,17-,21?/m1/s1. The summed E-state index contributed by atoms with van der Waals surface area (Å²) in [6.07, 6.45) is 5.55. The fourth-order valence-electron chi connectivity index (χ4n) is 4.18. The number of aryl methyl sites for hydroxylation is 1. The molecule has 1 aliphatic carbocycles. The maximum absolute atomic E-state index is 13.3. The minimum absolute atomic E-state index is 0.00559. The van der Waals surface area contributed by atoms with Crippen molar-refractivity contribution in [2.75, 3.05) is 23.4 Å². The van der Waals surface area contributed by atoms with E-state index in [0.717, 1.165) is 24.2 Å². The van der Waals surface area contributed by atoms with Crippen LogP contribution in [0.25, 0.3) is 0 Å². The molecule has 206 valence electrons. The number of anilines is 1. The number of carbonyl (C=O) groups excluding carboxylic acids is 3. The molecule has 39 heavy (non-hydrogen) atoms. The minimum atomic E-state index is -1.21. The predicted octanol–water partition coefficient (Wildman–Crippen LogP) is -0.0626. The van der Waals surface area contributed by atoms with Crippen LogP contribution < -0.4 is 10.6 Å². The summed E-state index contributed by atoms with van der Waals surface area (Å²) < 4.78 is 1.45. The molecule has 0 saturated carbocycles. The van der Waals surface area contributed by atoms with Gasteiger partial charge in [0, 0.05) is 30.5 Å². The van der Waals surface area contributed by atoms with Crippen molar-refractivity contribution in [3.63, 3.8) is 0 Å². The third kappa shape index (κ3) is 5.48. The lowest BCUT2D eigenvalue weighted by Gasteiger charge is -2.53. The number of aromatic nitrogens is 5. The molecule has 18 heteroatoms. The van der Waals surface area contributed by atoms with Crippen molar-refractivity contribution in [2.45, 2.75) is 35.5 Å². The Morgan fingerprint density at radius 3 is 2.97 bits per heavy atom. The van der Waals surface area contributed by atoms with Gasteiger partial charge in [0.2, 0.25) is 17.5 Å². The molecule has 0 spiro atoms. The highest BCUT2D eigenvalue weighted by atomic mass is 32.2. The first kappa shape index (κ1) is 27.1. The van der Waals surface area contributed by atoms with E-state index in [-0.39, 0.29) is 40.7 Å². The summed E-state index contributed by atoms with van der Waals surface area (Å²) in [7, 11) is 1.66. The van der Waals surface area contributed by atoms with Crippen LogP contribution in [-0.4, -0.2) is 101 Å². The van der Waals surface area contributed by atoms with E-state index in [9.17, 15) is 24.3 Å². The molecule has 3 N–H and O–H groups in total. The number of tetrazole rings is 1. The van der Waals surface area contributed by atoms with Crippen LogP contribution in [0.5, 0.6) is 0 Å². The highest BCUT2D eigenvalue weighted by molar-refractivity contribution is 8.00. The SMILES string of the molecule is Cn1nnnc1SCC1(C(=O)O)CS[C@@H]2C(NC(=O)C(=NOC3C=CCC3)c3csc(NC=O)n3)C(=O)N2C1. The monoisotopic (exact) mass is 593 g/mol. The van der Waals surface area contributed by atoms with Crippen molar-refractivity contribution in [2.24, 2.45) is 17.6 Å². The van der Waals surface area contributed by atoms with Gasteiger partial charge in [-0.3, -0.25) is 19.2 Å². The van der Waals surface area contributed by atoms with Crippen molar-refractivity contribution < 1.29 is 29.1 Å². The number of thioether (sulfide) groups is 2. The number of nitrogens with zero attached hydrogens (tertiary/aromatic N) is 7. The molecule has 0 aromatic carbocycles. The van der Waals surface area contributed by atoms with E-state index in [4.69, 9.17) is 4.84 Å². The maximum atomic E-state index is 13.3. The zero-order valence-corrected chi connectivity index (χ0v) is 22.9. The molecule has 4 heterocycles. The number of rotatable bonds is 11. The van der Waals surface area contributed by atoms with Crippen LogP contribution in [0.3, 0.4) is 0 Å². The van der Waals surface area contributed by atoms with E-state index in [1.807, 2.05) is 12.2 Å². The van der Waals surface area contributed by atoms with Crippen LogP contribution >= 0.6 is 34.9 Å². The summed E-state index contributed by atoms with van der Waals surface area (Å²) in [5.74, 6) is -1.68. The van der Waals surface area contributed by atoms with E-state index in [1.165, 1.54) is 33.1 Å². The summed E-state index contributed by atoms with van der Waals surface area (Å²) in [5.41, 5.74) is -1.16. The molecule has 2 aromatic rings. The number of β-lactam (4-membered cyclic amide) rings is 1. The van der Waals surface area contributed by atoms with Crippen molar-refractivity contribution >= 4 is 69.9 Å². The van der Waals surface area contributed by atoms with Gasteiger partial charge in [0.05, 0.1) is 0 Å². The van der Waals surface area contributed by atoms with Crippen LogP contribution in [0.4, 0.5) is 5.13 Å². The maximum Gasteiger partial charge on any atom is 0.313 e. The second-order valence-electron chi connectivity index (χ2n) is 8.97. The Morgan fingerprint density at radius 1 is 1.44 bits per heavy atom. The van der Waals surface area contributed by atoms with Gasteiger partial charge < -0.3 is 25.5 Å². The summed E-state index contributed by atoms with van der Waals surface area (Å²) >= 11 is 3.61. The normalized spacial score (nSPS) is 26.1. The highest BCUT2D eigenvalue weighted by Crippen LogP contribution is 2.44. The van der Waals surface area contributed by atoms with Crippen LogP contribution in [0.15, 0.2) is 27.8 Å². The van der Waals surface area contributed by atoms with Gasteiger partial charge in [0.15, 0.2) is 10.8 Å². The second-order valence-corrected chi connectivity index (χ2v) is 11.9.